The van der Waals surface area contributed by atoms with Gasteiger partial charge < -0.3 is 0 Å². The average Bonchev–Trinajstić information content (AvgIpc) is 3.17. The molecule has 5 heteroatoms. The Hall–Kier alpha value is -1.36. The van der Waals surface area contributed by atoms with Crippen molar-refractivity contribution in [3.8, 4) is 0 Å². The first-order chi connectivity index (χ1) is 10.5. The van der Waals surface area contributed by atoms with Crippen LogP contribution in [-0.2, 0) is 10.0 Å². The fraction of sp³-hybridized carbons (Fsp3) is 0.588. The van der Waals surface area contributed by atoms with Gasteiger partial charge in [-0.15, -0.1) is 0 Å². The molecule has 4 atom stereocenters. The highest BCUT2D eigenvalue weighted by molar-refractivity contribution is 7.89. The molecule has 0 heterocycles. The first-order valence-corrected chi connectivity index (χ1v) is 9.69. The molecule has 5 aliphatic rings. The number of hydrogen-bond acceptors (Lipinski definition) is 3. The van der Waals surface area contributed by atoms with E-state index in [4.69, 9.17) is 0 Å². The molecular weight excluding hydrogens is 296 g/mol. The summed E-state index contributed by atoms with van der Waals surface area (Å²) in [6.45, 7) is 1.95. The maximum atomic E-state index is 12.4. The number of nitrogens with zero attached hydrogens (tertiary/aromatic N) is 1. The molecule has 22 heavy (non-hydrogen) atoms. The molecule has 0 radical (unpaired) electrons. The molecule has 116 valence electrons. The number of benzene rings is 1. The van der Waals surface area contributed by atoms with Gasteiger partial charge in [0.05, 0.1) is 4.90 Å². The van der Waals surface area contributed by atoms with Crippen molar-refractivity contribution in [1.82, 2.24) is 4.83 Å². The molecular formula is C17H20N2O2S. The zero-order valence-electron chi connectivity index (χ0n) is 12.6. The molecule has 1 N–H and O–H groups in total. The highest BCUT2D eigenvalue weighted by atomic mass is 32.2. The lowest BCUT2D eigenvalue weighted by Crippen LogP contribution is -2.38. The number of rotatable bonds is 3. The lowest BCUT2D eigenvalue weighted by atomic mass is 9.67. The van der Waals surface area contributed by atoms with Crippen molar-refractivity contribution in [2.75, 3.05) is 0 Å². The smallest absolute Gasteiger partial charge is 0.200 e. The molecule has 4 nitrogen and oxygen atoms in total. The molecule has 4 bridgehead atoms. The number of aryl methyl sites for hydroxylation is 1. The normalized spacial score (nSPS) is 42.7. The van der Waals surface area contributed by atoms with Gasteiger partial charge in [-0.05, 0) is 67.9 Å². The van der Waals surface area contributed by atoms with E-state index in [0.717, 1.165) is 34.9 Å². The molecule has 5 aliphatic carbocycles. The summed E-state index contributed by atoms with van der Waals surface area (Å²) in [6, 6.07) is 6.91. The van der Waals surface area contributed by atoms with E-state index < -0.39 is 10.0 Å². The van der Waals surface area contributed by atoms with E-state index in [1.807, 2.05) is 19.1 Å². The molecule has 0 aliphatic heterocycles. The minimum Gasteiger partial charge on any atom is -0.200 e. The van der Waals surface area contributed by atoms with E-state index in [2.05, 4.69) is 9.93 Å². The number of hydrazone groups is 1. The van der Waals surface area contributed by atoms with Crippen molar-refractivity contribution >= 4 is 15.7 Å². The highest BCUT2D eigenvalue weighted by Crippen LogP contribution is 2.73. The van der Waals surface area contributed by atoms with Gasteiger partial charge in [-0.25, -0.2) is 4.83 Å². The summed E-state index contributed by atoms with van der Waals surface area (Å²) in [5.74, 6) is 4.59. The lowest BCUT2D eigenvalue weighted by Gasteiger charge is -2.38. The van der Waals surface area contributed by atoms with Gasteiger partial charge in [-0.1, -0.05) is 17.7 Å². The molecule has 4 unspecified atom stereocenters. The van der Waals surface area contributed by atoms with Crippen LogP contribution in [0.3, 0.4) is 0 Å². The second kappa shape index (κ2) is 4.13. The van der Waals surface area contributed by atoms with Crippen LogP contribution in [0.15, 0.2) is 34.3 Å². The van der Waals surface area contributed by atoms with E-state index in [9.17, 15) is 8.42 Å². The quantitative estimate of drug-likeness (QED) is 0.871. The summed E-state index contributed by atoms with van der Waals surface area (Å²) in [4.78, 5) is 2.79. The topological polar surface area (TPSA) is 58.5 Å². The largest absolute Gasteiger partial charge is 0.276 e. The number of sulfonamides is 1. The van der Waals surface area contributed by atoms with E-state index in [1.165, 1.54) is 19.3 Å². The SMILES string of the molecule is Cc1ccc(S(=O)(=O)N/N=C2\C3CC4CC(C3)C3C2C43)cc1. The maximum Gasteiger partial charge on any atom is 0.276 e. The van der Waals surface area contributed by atoms with Gasteiger partial charge in [0.1, 0.15) is 0 Å². The number of hydrogen-bond donors (Lipinski definition) is 1. The van der Waals surface area contributed by atoms with Crippen LogP contribution in [0.25, 0.3) is 0 Å². The zero-order valence-corrected chi connectivity index (χ0v) is 13.4. The van der Waals surface area contributed by atoms with Crippen LogP contribution in [0.2, 0.25) is 0 Å². The summed E-state index contributed by atoms with van der Waals surface area (Å²) in [6.07, 6.45) is 3.89. The number of nitrogens with one attached hydrogen (secondary N) is 1. The molecule has 1 aromatic rings. The van der Waals surface area contributed by atoms with E-state index >= 15 is 0 Å². The lowest BCUT2D eigenvalue weighted by molar-refractivity contribution is 0.222. The van der Waals surface area contributed by atoms with Crippen LogP contribution >= 0.6 is 0 Å². The maximum absolute atomic E-state index is 12.4. The molecule has 5 saturated carbocycles. The zero-order chi connectivity index (χ0) is 15.1. The third-order valence-electron chi connectivity index (χ3n) is 6.39. The molecule has 1 aromatic carbocycles. The van der Waals surface area contributed by atoms with Gasteiger partial charge in [-0.3, -0.25) is 0 Å². The fourth-order valence-electron chi connectivity index (χ4n) is 5.57. The van der Waals surface area contributed by atoms with Gasteiger partial charge >= 0.3 is 0 Å². The Morgan fingerprint density at radius 1 is 1.05 bits per heavy atom. The van der Waals surface area contributed by atoms with Crippen LogP contribution in [0.5, 0.6) is 0 Å². The Labute approximate surface area is 131 Å². The molecule has 5 fully saturated rings. The Kier molecular flexibility index (Phi) is 2.46. The third kappa shape index (κ3) is 1.69. The van der Waals surface area contributed by atoms with Crippen molar-refractivity contribution < 1.29 is 8.42 Å². The second-order valence-corrected chi connectivity index (χ2v) is 9.21. The van der Waals surface area contributed by atoms with E-state index in [0.29, 0.717) is 16.7 Å². The third-order valence-corrected chi connectivity index (χ3v) is 7.61. The van der Waals surface area contributed by atoms with Gasteiger partial charge in [-0.2, -0.15) is 13.5 Å². The van der Waals surface area contributed by atoms with Crippen LogP contribution in [0.4, 0.5) is 0 Å². The van der Waals surface area contributed by atoms with Crippen molar-refractivity contribution in [3.63, 3.8) is 0 Å². The minimum absolute atomic E-state index is 0.290. The van der Waals surface area contributed by atoms with Gasteiger partial charge in [0.2, 0.25) is 0 Å². The molecule has 0 aromatic heterocycles. The Morgan fingerprint density at radius 2 is 1.68 bits per heavy atom. The van der Waals surface area contributed by atoms with Crippen LogP contribution < -0.4 is 4.83 Å². The second-order valence-electron chi connectivity index (χ2n) is 7.55. The fourth-order valence-corrected chi connectivity index (χ4v) is 6.39. The summed E-state index contributed by atoms with van der Waals surface area (Å²) >= 11 is 0. The molecule has 0 spiro atoms. The van der Waals surface area contributed by atoms with Crippen molar-refractivity contribution in [2.24, 2.45) is 40.6 Å². The Bertz CT molecular complexity index is 746. The van der Waals surface area contributed by atoms with Crippen molar-refractivity contribution in [2.45, 2.75) is 31.1 Å². The minimum atomic E-state index is -3.54. The Morgan fingerprint density at radius 3 is 2.32 bits per heavy atom. The average molecular weight is 316 g/mol. The first-order valence-electron chi connectivity index (χ1n) is 8.20. The van der Waals surface area contributed by atoms with Crippen LogP contribution in [0, 0.1) is 42.4 Å². The van der Waals surface area contributed by atoms with Gasteiger partial charge in [0.15, 0.2) is 0 Å². The van der Waals surface area contributed by atoms with E-state index in [1.54, 1.807) is 12.1 Å². The summed E-state index contributed by atoms with van der Waals surface area (Å²) in [7, 11) is -3.54. The van der Waals surface area contributed by atoms with Crippen molar-refractivity contribution in [3.05, 3.63) is 29.8 Å². The van der Waals surface area contributed by atoms with Crippen LogP contribution in [-0.4, -0.2) is 14.1 Å². The van der Waals surface area contributed by atoms with E-state index in [-0.39, 0.29) is 0 Å². The van der Waals surface area contributed by atoms with Crippen LogP contribution in [0.1, 0.15) is 24.8 Å². The molecule has 0 amide bonds. The van der Waals surface area contributed by atoms with Crippen molar-refractivity contribution in [1.29, 1.82) is 0 Å². The Balaban J connectivity index is 1.40. The summed E-state index contributed by atoms with van der Waals surface area (Å²) in [5, 5.41) is 4.39. The standard InChI is InChI=1S/C17H20N2O2S/c1-9-2-4-13(5-3-9)22(20,21)19-18-17-12-7-10-6-11(8-12)15-14(10)16(15)17/h2-5,10-12,14-16,19H,6-8H2,1H3/b18-17+. The molecule has 0 saturated heterocycles. The van der Waals surface area contributed by atoms with Gasteiger partial charge in [0.25, 0.3) is 10.0 Å². The summed E-state index contributed by atoms with van der Waals surface area (Å²) in [5.41, 5.74) is 2.20. The predicted octanol–water partition coefficient (Wildman–Crippen LogP) is 2.55. The summed E-state index contributed by atoms with van der Waals surface area (Å²) < 4.78 is 24.7. The first kappa shape index (κ1) is 13.1. The molecule has 6 rings (SSSR count). The van der Waals surface area contributed by atoms with Gasteiger partial charge in [0, 0.05) is 11.6 Å². The monoisotopic (exact) mass is 316 g/mol. The highest BCUT2D eigenvalue weighted by Gasteiger charge is 2.71. The predicted molar refractivity (Wildman–Crippen MR) is 83.7 cm³/mol.